The minimum Gasteiger partial charge on any atom is -0.382 e. The van der Waals surface area contributed by atoms with Crippen LogP contribution < -0.4 is 4.89 Å². The van der Waals surface area contributed by atoms with E-state index in [4.69, 9.17) is 0 Å². The fourth-order valence-electron chi connectivity index (χ4n) is 1.14. The van der Waals surface area contributed by atoms with Crippen molar-refractivity contribution in [2.75, 3.05) is 20.3 Å². The molecule has 0 saturated carbocycles. The number of nitrogens with one attached hydrogen (secondary N) is 1. The van der Waals surface area contributed by atoms with Crippen molar-refractivity contribution in [2.24, 2.45) is 0 Å². The molecule has 0 amide bonds. The Morgan fingerprint density at radius 2 is 2.10 bits per heavy atom. The first-order valence-electron chi connectivity index (χ1n) is 5.05. The lowest BCUT2D eigenvalue weighted by Gasteiger charge is -2.08. The van der Waals surface area contributed by atoms with Crippen molar-refractivity contribution in [3.8, 4) is 0 Å². The molecule has 0 aliphatic heterocycles. The van der Waals surface area contributed by atoms with E-state index in [-0.39, 0.29) is 17.7 Å². The highest BCUT2D eigenvalue weighted by atomic mass is 79.9. The molecular formula is C9H10BrFN2O6S. The van der Waals surface area contributed by atoms with E-state index in [2.05, 4.69) is 25.5 Å². The van der Waals surface area contributed by atoms with Crippen molar-refractivity contribution in [2.45, 2.75) is 4.90 Å². The summed E-state index contributed by atoms with van der Waals surface area (Å²) in [4.78, 5) is 15.1. The van der Waals surface area contributed by atoms with Gasteiger partial charge in [0.1, 0.15) is 4.90 Å². The van der Waals surface area contributed by atoms with E-state index in [0.717, 1.165) is 6.07 Å². The Labute approximate surface area is 122 Å². The predicted molar refractivity (Wildman–Crippen MR) is 68.9 cm³/mol. The van der Waals surface area contributed by atoms with Crippen LogP contribution in [0.2, 0.25) is 0 Å². The van der Waals surface area contributed by atoms with Crippen LogP contribution in [0, 0.1) is 15.9 Å². The van der Waals surface area contributed by atoms with E-state index in [0.29, 0.717) is 6.07 Å². The molecule has 11 heteroatoms. The first-order valence-corrected chi connectivity index (χ1v) is 7.33. The van der Waals surface area contributed by atoms with Crippen LogP contribution in [-0.4, -0.2) is 33.7 Å². The van der Waals surface area contributed by atoms with Gasteiger partial charge in [-0.2, -0.15) is 0 Å². The number of rotatable bonds is 7. The summed E-state index contributed by atoms with van der Waals surface area (Å²) in [7, 11) is -3.00. The number of hydrogen-bond donors (Lipinski definition) is 1. The molecule has 20 heavy (non-hydrogen) atoms. The van der Waals surface area contributed by atoms with Crippen LogP contribution in [-0.2, 0) is 19.6 Å². The van der Waals surface area contributed by atoms with Crippen LogP contribution in [0.3, 0.4) is 0 Å². The first kappa shape index (κ1) is 16.9. The SMILES string of the molecule is COCCONS(=O)(=O)c1cc([N+](=O)[O-])cc(Br)c1F. The number of hydrogen-bond acceptors (Lipinski definition) is 6. The Bertz CT molecular complexity index is 609. The van der Waals surface area contributed by atoms with Crippen molar-refractivity contribution < 1.29 is 27.3 Å². The van der Waals surface area contributed by atoms with Gasteiger partial charge in [-0.3, -0.25) is 15.0 Å². The summed E-state index contributed by atoms with van der Waals surface area (Å²) < 4.78 is 41.6. The van der Waals surface area contributed by atoms with Gasteiger partial charge in [0, 0.05) is 19.2 Å². The van der Waals surface area contributed by atoms with Crippen molar-refractivity contribution in [3.63, 3.8) is 0 Å². The third kappa shape index (κ3) is 4.18. The lowest BCUT2D eigenvalue weighted by Crippen LogP contribution is -2.26. The van der Waals surface area contributed by atoms with Gasteiger partial charge in [-0.1, -0.05) is 4.89 Å². The molecular weight excluding hydrogens is 363 g/mol. The van der Waals surface area contributed by atoms with Gasteiger partial charge in [0.05, 0.1) is 22.6 Å². The number of nitro groups is 1. The third-order valence-electron chi connectivity index (χ3n) is 2.04. The van der Waals surface area contributed by atoms with Crippen molar-refractivity contribution in [1.29, 1.82) is 0 Å². The molecule has 1 rings (SSSR count). The third-order valence-corrected chi connectivity index (χ3v) is 3.83. The Kier molecular flexibility index (Phi) is 5.95. The Morgan fingerprint density at radius 1 is 1.45 bits per heavy atom. The molecule has 0 saturated heterocycles. The van der Waals surface area contributed by atoms with Crippen molar-refractivity contribution >= 4 is 31.6 Å². The Hall–Kier alpha value is -1.14. The van der Waals surface area contributed by atoms with Gasteiger partial charge < -0.3 is 4.74 Å². The zero-order valence-corrected chi connectivity index (χ0v) is 12.5. The maximum atomic E-state index is 13.7. The molecule has 0 radical (unpaired) electrons. The molecule has 8 nitrogen and oxygen atoms in total. The van der Waals surface area contributed by atoms with Gasteiger partial charge in [-0.05, 0) is 15.9 Å². The summed E-state index contributed by atoms with van der Waals surface area (Å²) in [6.07, 6.45) is 0. The fraction of sp³-hybridized carbons (Fsp3) is 0.333. The van der Waals surface area contributed by atoms with Gasteiger partial charge in [-0.15, -0.1) is 0 Å². The normalized spacial score (nSPS) is 11.6. The number of halogens is 2. The van der Waals surface area contributed by atoms with E-state index < -0.39 is 31.3 Å². The minimum absolute atomic E-state index is 0.104. The monoisotopic (exact) mass is 372 g/mol. The molecule has 1 N–H and O–H groups in total. The molecule has 0 bridgehead atoms. The quantitative estimate of drug-likeness (QED) is 0.439. The standard InChI is InChI=1S/C9H10BrFN2O6S/c1-18-2-3-19-12-20(16,17)8-5-6(13(14)15)4-7(10)9(8)11/h4-5,12H,2-3H2,1H3. The molecule has 0 spiro atoms. The van der Waals surface area contributed by atoms with Gasteiger partial charge in [-0.25, -0.2) is 12.8 Å². The number of non-ortho nitro benzene ring substituents is 1. The maximum Gasteiger partial charge on any atom is 0.272 e. The molecule has 0 aromatic heterocycles. The zero-order chi connectivity index (χ0) is 15.3. The summed E-state index contributed by atoms with van der Waals surface area (Å²) in [5.74, 6) is -1.15. The number of nitrogens with zero attached hydrogens (tertiary/aromatic N) is 1. The largest absolute Gasteiger partial charge is 0.382 e. The van der Waals surface area contributed by atoms with Gasteiger partial charge in [0.25, 0.3) is 15.7 Å². The lowest BCUT2D eigenvalue weighted by atomic mass is 10.3. The summed E-state index contributed by atoms with van der Waals surface area (Å²) in [5.41, 5.74) is -0.574. The average Bonchev–Trinajstić information content (AvgIpc) is 2.37. The van der Waals surface area contributed by atoms with Gasteiger partial charge in [0.2, 0.25) is 0 Å². The molecule has 0 fully saturated rings. The number of ether oxygens (including phenoxy) is 1. The highest BCUT2D eigenvalue weighted by molar-refractivity contribution is 9.10. The Morgan fingerprint density at radius 3 is 2.65 bits per heavy atom. The van der Waals surface area contributed by atoms with Crippen LogP contribution in [0.4, 0.5) is 10.1 Å². The van der Waals surface area contributed by atoms with E-state index >= 15 is 0 Å². The molecule has 0 aliphatic rings. The van der Waals surface area contributed by atoms with E-state index in [1.807, 2.05) is 0 Å². The van der Waals surface area contributed by atoms with Crippen LogP contribution in [0.5, 0.6) is 0 Å². The molecule has 0 heterocycles. The number of benzene rings is 1. The maximum absolute atomic E-state index is 13.7. The highest BCUT2D eigenvalue weighted by Gasteiger charge is 2.25. The van der Waals surface area contributed by atoms with Gasteiger partial charge in [0.15, 0.2) is 5.82 Å². The van der Waals surface area contributed by atoms with E-state index in [1.54, 1.807) is 4.89 Å². The lowest BCUT2D eigenvalue weighted by molar-refractivity contribution is -0.385. The number of nitro benzene ring substituents is 1. The average molecular weight is 373 g/mol. The van der Waals surface area contributed by atoms with E-state index in [9.17, 15) is 22.9 Å². The summed E-state index contributed by atoms with van der Waals surface area (Å²) in [6.45, 7) is 0.0110. The van der Waals surface area contributed by atoms with Crippen molar-refractivity contribution in [1.82, 2.24) is 4.89 Å². The number of sulfonamides is 1. The van der Waals surface area contributed by atoms with Crippen LogP contribution in [0.25, 0.3) is 0 Å². The second-order valence-corrected chi connectivity index (χ2v) is 5.89. The predicted octanol–water partition coefficient (Wildman–Crippen LogP) is 1.35. The topological polar surface area (TPSA) is 108 Å². The number of methoxy groups -OCH3 is 1. The molecule has 0 atom stereocenters. The second kappa shape index (κ2) is 7.04. The second-order valence-electron chi connectivity index (χ2n) is 3.42. The van der Waals surface area contributed by atoms with Crippen LogP contribution in [0.15, 0.2) is 21.5 Å². The van der Waals surface area contributed by atoms with Gasteiger partial charge >= 0.3 is 0 Å². The summed E-state index contributed by atoms with van der Waals surface area (Å²) in [6, 6.07) is 1.46. The zero-order valence-electron chi connectivity index (χ0n) is 10.1. The molecule has 0 unspecified atom stereocenters. The first-order chi connectivity index (χ1) is 9.29. The smallest absolute Gasteiger partial charge is 0.272 e. The van der Waals surface area contributed by atoms with Crippen molar-refractivity contribution in [3.05, 3.63) is 32.5 Å². The Balaban J connectivity index is 3.07. The molecule has 112 valence electrons. The molecule has 1 aromatic carbocycles. The molecule has 0 aliphatic carbocycles. The summed E-state index contributed by atoms with van der Waals surface area (Å²) >= 11 is 2.72. The van der Waals surface area contributed by atoms with E-state index in [1.165, 1.54) is 7.11 Å². The summed E-state index contributed by atoms with van der Waals surface area (Å²) in [5, 5.41) is 10.6. The van der Waals surface area contributed by atoms with Crippen LogP contribution in [0.1, 0.15) is 0 Å². The van der Waals surface area contributed by atoms with Crippen LogP contribution >= 0.6 is 15.9 Å². The minimum atomic E-state index is -4.39. The fourth-order valence-corrected chi connectivity index (χ4v) is 2.67. The highest BCUT2D eigenvalue weighted by Crippen LogP contribution is 2.28. The molecule has 1 aromatic rings.